The molecule has 1 aromatic heterocycles. The number of aliphatic imine (C=N–C) groups is 1. The normalized spacial score (nSPS) is 16.2. The van der Waals surface area contributed by atoms with Crippen LogP contribution in [0.25, 0.3) is 0 Å². The summed E-state index contributed by atoms with van der Waals surface area (Å²) in [6, 6.07) is 3.93. The van der Waals surface area contributed by atoms with Crippen molar-refractivity contribution in [3.8, 4) is 0 Å². The summed E-state index contributed by atoms with van der Waals surface area (Å²) in [4.78, 5) is 7.02. The fourth-order valence-electron chi connectivity index (χ4n) is 2.34. The first kappa shape index (κ1) is 14.7. The van der Waals surface area contributed by atoms with Crippen LogP contribution < -0.4 is 5.32 Å². The Kier molecular flexibility index (Phi) is 5.71. The van der Waals surface area contributed by atoms with Crippen LogP contribution >= 0.6 is 0 Å². The lowest BCUT2D eigenvalue weighted by Crippen LogP contribution is -2.44. The van der Waals surface area contributed by atoms with Gasteiger partial charge in [-0.1, -0.05) is 12.2 Å². The Morgan fingerprint density at radius 3 is 2.85 bits per heavy atom. The molecule has 1 N–H and O–H groups in total. The number of rotatable bonds is 5. The van der Waals surface area contributed by atoms with Crippen LogP contribution in [0.5, 0.6) is 0 Å². The number of piperidine rings is 1. The number of hydrogen-bond donors (Lipinski definition) is 1. The highest BCUT2D eigenvalue weighted by atomic mass is 16.3. The van der Waals surface area contributed by atoms with Crippen LogP contribution in [0, 0.1) is 0 Å². The van der Waals surface area contributed by atoms with Crippen molar-refractivity contribution in [1.82, 2.24) is 10.2 Å². The molecule has 0 atom stereocenters. The fraction of sp³-hybridized carbons (Fsp3) is 0.562. The molecule has 0 aliphatic carbocycles. The lowest BCUT2D eigenvalue weighted by Gasteiger charge is -2.30. The predicted molar refractivity (Wildman–Crippen MR) is 83.0 cm³/mol. The largest absolute Gasteiger partial charge is 0.469 e. The molecule has 110 valence electrons. The summed E-state index contributed by atoms with van der Waals surface area (Å²) in [5.41, 5.74) is 1.09. The van der Waals surface area contributed by atoms with Gasteiger partial charge in [-0.2, -0.15) is 0 Å². The van der Waals surface area contributed by atoms with Crippen LogP contribution in [-0.4, -0.2) is 37.0 Å². The summed E-state index contributed by atoms with van der Waals surface area (Å²) in [7, 11) is 0. The van der Waals surface area contributed by atoms with Gasteiger partial charge in [0.25, 0.3) is 0 Å². The number of likely N-dealkylation sites (tertiary alicyclic amines) is 1. The van der Waals surface area contributed by atoms with Crippen LogP contribution in [-0.2, 0) is 6.42 Å². The van der Waals surface area contributed by atoms with E-state index in [4.69, 9.17) is 4.42 Å². The van der Waals surface area contributed by atoms with Crippen molar-refractivity contribution in [1.29, 1.82) is 0 Å². The van der Waals surface area contributed by atoms with Gasteiger partial charge in [0.05, 0.1) is 12.8 Å². The molecule has 0 amide bonds. The molecule has 0 unspecified atom stereocenters. The van der Waals surface area contributed by atoms with Crippen molar-refractivity contribution in [3.05, 3.63) is 36.3 Å². The Bertz CT molecular complexity index is 431. The van der Waals surface area contributed by atoms with Gasteiger partial charge in [-0.3, -0.25) is 0 Å². The smallest absolute Gasteiger partial charge is 0.194 e. The Balaban J connectivity index is 1.87. The summed E-state index contributed by atoms with van der Waals surface area (Å²) < 4.78 is 5.35. The molecule has 0 spiro atoms. The molecule has 2 heterocycles. The molecular formula is C16H25N3O. The van der Waals surface area contributed by atoms with Crippen molar-refractivity contribution in [2.75, 3.05) is 26.2 Å². The highest BCUT2D eigenvalue weighted by Crippen LogP contribution is 2.09. The predicted octanol–water partition coefficient (Wildman–Crippen LogP) is 2.83. The van der Waals surface area contributed by atoms with Crippen molar-refractivity contribution in [3.63, 3.8) is 0 Å². The highest BCUT2D eigenvalue weighted by Gasteiger charge is 2.14. The lowest BCUT2D eigenvalue weighted by molar-refractivity contribution is 0.331. The number of nitrogens with one attached hydrogen (secondary N) is 1. The number of nitrogens with zero attached hydrogens (tertiary/aromatic N) is 2. The third-order valence-electron chi connectivity index (χ3n) is 3.39. The minimum Gasteiger partial charge on any atom is -0.469 e. The Morgan fingerprint density at radius 2 is 2.20 bits per heavy atom. The quantitative estimate of drug-likeness (QED) is 0.510. The molecule has 0 saturated carbocycles. The van der Waals surface area contributed by atoms with E-state index in [1.807, 2.05) is 19.1 Å². The number of guanidine groups is 1. The maximum Gasteiger partial charge on any atom is 0.194 e. The van der Waals surface area contributed by atoms with Crippen molar-refractivity contribution >= 4 is 5.96 Å². The summed E-state index contributed by atoms with van der Waals surface area (Å²) in [5, 5.41) is 3.46. The first-order valence-corrected chi connectivity index (χ1v) is 7.46. The maximum absolute atomic E-state index is 5.35. The maximum atomic E-state index is 5.35. The monoisotopic (exact) mass is 275 g/mol. The van der Waals surface area contributed by atoms with Crippen LogP contribution in [0.1, 0.15) is 31.9 Å². The molecule has 0 bridgehead atoms. The topological polar surface area (TPSA) is 40.8 Å². The van der Waals surface area contributed by atoms with Crippen LogP contribution in [0.4, 0.5) is 0 Å². The van der Waals surface area contributed by atoms with Gasteiger partial charge in [0.2, 0.25) is 0 Å². The average molecular weight is 275 g/mol. The van der Waals surface area contributed by atoms with E-state index < -0.39 is 0 Å². The van der Waals surface area contributed by atoms with E-state index in [0.29, 0.717) is 6.54 Å². The van der Waals surface area contributed by atoms with Crippen LogP contribution in [0.15, 0.2) is 40.0 Å². The second kappa shape index (κ2) is 7.78. The molecule has 1 aliphatic heterocycles. The summed E-state index contributed by atoms with van der Waals surface area (Å²) in [6.45, 7) is 9.68. The van der Waals surface area contributed by atoms with Crippen LogP contribution in [0.2, 0.25) is 0 Å². The first-order chi connectivity index (χ1) is 9.75. The van der Waals surface area contributed by atoms with E-state index in [2.05, 4.69) is 21.8 Å². The number of furan rings is 1. The molecule has 4 nitrogen and oxygen atoms in total. The minimum absolute atomic E-state index is 0.694. The molecular weight excluding hydrogens is 250 g/mol. The molecule has 1 aliphatic rings. The van der Waals surface area contributed by atoms with E-state index in [-0.39, 0.29) is 0 Å². The average Bonchev–Trinajstić information content (AvgIpc) is 2.96. The fourth-order valence-corrected chi connectivity index (χ4v) is 2.34. The molecule has 0 radical (unpaired) electrons. The number of hydrogen-bond acceptors (Lipinski definition) is 2. The van der Waals surface area contributed by atoms with E-state index in [0.717, 1.165) is 43.3 Å². The first-order valence-electron chi connectivity index (χ1n) is 7.46. The second-order valence-corrected chi connectivity index (χ2v) is 5.40. The Hall–Kier alpha value is -1.71. The van der Waals surface area contributed by atoms with E-state index >= 15 is 0 Å². The van der Waals surface area contributed by atoms with E-state index in [1.54, 1.807) is 6.26 Å². The van der Waals surface area contributed by atoms with Gasteiger partial charge in [-0.25, -0.2) is 4.99 Å². The molecule has 4 heteroatoms. The standard InChI is InChI=1S/C16H25N3O/c1-14(2)13-18-16(19-10-4-3-5-11-19)17-9-8-15-7-6-12-20-15/h6-7,12H,1,3-5,8-11,13H2,2H3,(H,17,18). The van der Waals surface area contributed by atoms with Crippen molar-refractivity contribution in [2.45, 2.75) is 32.6 Å². The SMILES string of the molecule is C=C(C)CN=C(NCCc1ccco1)N1CCCCC1. The molecule has 0 aromatic carbocycles. The molecule has 1 fully saturated rings. The zero-order chi connectivity index (χ0) is 14.2. The van der Waals surface area contributed by atoms with Gasteiger partial charge in [0, 0.05) is 26.1 Å². The zero-order valence-corrected chi connectivity index (χ0v) is 12.4. The Morgan fingerprint density at radius 1 is 1.40 bits per heavy atom. The van der Waals surface area contributed by atoms with E-state index in [1.165, 1.54) is 19.3 Å². The van der Waals surface area contributed by atoms with Crippen LogP contribution in [0.3, 0.4) is 0 Å². The molecule has 1 saturated heterocycles. The summed E-state index contributed by atoms with van der Waals surface area (Å²) in [6.07, 6.45) is 6.44. The van der Waals surface area contributed by atoms with Gasteiger partial charge < -0.3 is 14.6 Å². The van der Waals surface area contributed by atoms with Gasteiger partial charge in [-0.05, 0) is 38.3 Å². The summed E-state index contributed by atoms with van der Waals surface area (Å²) in [5.74, 6) is 2.02. The summed E-state index contributed by atoms with van der Waals surface area (Å²) >= 11 is 0. The van der Waals surface area contributed by atoms with Crippen molar-refractivity contribution < 1.29 is 4.42 Å². The zero-order valence-electron chi connectivity index (χ0n) is 12.4. The third kappa shape index (κ3) is 4.76. The second-order valence-electron chi connectivity index (χ2n) is 5.40. The van der Waals surface area contributed by atoms with Gasteiger partial charge >= 0.3 is 0 Å². The molecule has 2 rings (SSSR count). The lowest BCUT2D eigenvalue weighted by atomic mass is 10.1. The third-order valence-corrected chi connectivity index (χ3v) is 3.39. The Labute approximate surface area is 121 Å². The molecule has 1 aromatic rings. The van der Waals surface area contributed by atoms with Gasteiger partial charge in [0.15, 0.2) is 5.96 Å². The minimum atomic E-state index is 0.694. The van der Waals surface area contributed by atoms with E-state index in [9.17, 15) is 0 Å². The van der Waals surface area contributed by atoms with Gasteiger partial charge in [-0.15, -0.1) is 0 Å². The van der Waals surface area contributed by atoms with Crippen molar-refractivity contribution in [2.24, 2.45) is 4.99 Å². The highest BCUT2D eigenvalue weighted by molar-refractivity contribution is 5.80. The molecule has 20 heavy (non-hydrogen) atoms. The van der Waals surface area contributed by atoms with Gasteiger partial charge in [0.1, 0.15) is 5.76 Å².